The summed E-state index contributed by atoms with van der Waals surface area (Å²) >= 11 is 0. The Hall–Kier alpha value is -1.40. The summed E-state index contributed by atoms with van der Waals surface area (Å²) in [6.45, 7) is 3.52. The number of hydrogen-bond donors (Lipinski definition) is 3. The zero-order chi connectivity index (χ0) is 15.2. The first-order valence-electron chi connectivity index (χ1n) is 8.51. The zero-order valence-electron chi connectivity index (χ0n) is 13.1. The number of H-pyrrole nitrogens is 1. The molecule has 6 heteroatoms. The van der Waals surface area contributed by atoms with Crippen molar-refractivity contribution in [1.29, 1.82) is 0 Å². The molecule has 3 N–H and O–H groups in total. The van der Waals surface area contributed by atoms with E-state index in [0.29, 0.717) is 12.1 Å². The molecular weight excluding hydrogens is 280 g/mol. The molecule has 0 bridgehead atoms. The fourth-order valence-corrected chi connectivity index (χ4v) is 3.21. The highest BCUT2D eigenvalue weighted by atomic mass is 16.5. The molecule has 3 heterocycles. The summed E-state index contributed by atoms with van der Waals surface area (Å²) in [5, 5.41) is 6.56. The molecule has 6 nitrogen and oxygen atoms in total. The lowest BCUT2D eigenvalue weighted by Gasteiger charge is -2.10. The van der Waals surface area contributed by atoms with Gasteiger partial charge in [0.15, 0.2) is 0 Å². The molecule has 0 saturated carbocycles. The van der Waals surface area contributed by atoms with E-state index in [1.165, 1.54) is 12.8 Å². The first-order valence-corrected chi connectivity index (χ1v) is 8.51. The molecule has 3 rings (SSSR count). The molecule has 1 saturated heterocycles. The molecule has 0 radical (unpaired) electrons. The number of unbranched alkanes of at least 4 members (excludes halogenated alkanes) is 1. The van der Waals surface area contributed by atoms with Gasteiger partial charge in [-0.2, -0.15) is 0 Å². The summed E-state index contributed by atoms with van der Waals surface area (Å²) in [5.74, 6) is 0.614. The first-order chi connectivity index (χ1) is 10.8. The Kier molecular flexibility index (Phi) is 5.45. The second-order valence-corrected chi connectivity index (χ2v) is 6.15. The van der Waals surface area contributed by atoms with Gasteiger partial charge in [-0.25, -0.2) is 4.98 Å². The van der Waals surface area contributed by atoms with Crippen molar-refractivity contribution < 1.29 is 4.74 Å². The third kappa shape index (κ3) is 4.08. The molecule has 1 aromatic heterocycles. The number of aromatic nitrogens is 2. The predicted octanol–water partition coefficient (Wildman–Crippen LogP) is 1.22. The standard InChI is InChI=1S/C16H26N4O2/c21-15-13-6-9-17-10-7-14(13)19-16(20-15)18-8-2-1-4-12-5-3-11-22-12/h12,17H,1-11H2,(H2,18,19,20,21). The molecule has 2 aliphatic rings. The Labute approximate surface area is 131 Å². The molecule has 0 amide bonds. The molecule has 1 aromatic rings. The Morgan fingerprint density at radius 3 is 3.05 bits per heavy atom. The van der Waals surface area contributed by atoms with E-state index in [0.717, 1.165) is 69.6 Å². The van der Waals surface area contributed by atoms with Crippen LogP contribution in [0.3, 0.4) is 0 Å². The number of fused-ring (bicyclic) bond motifs is 1. The number of rotatable bonds is 6. The lowest BCUT2D eigenvalue weighted by molar-refractivity contribution is 0.102. The van der Waals surface area contributed by atoms with Crippen molar-refractivity contribution in [2.45, 2.75) is 51.0 Å². The largest absolute Gasteiger partial charge is 0.378 e. The summed E-state index contributed by atoms with van der Waals surface area (Å²) in [4.78, 5) is 19.6. The average Bonchev–Trinajstić information content (AvgIpc) is 2.91. The fraction of sp³-hybridized carbons (Fsp3) is 0.750. The maximum atomic E-state index is 12.1. The zero-order valence-corrected chi connectivity index (χ0v) is 13.1. The normalized spacial score (nSPS) is 21.4. The lowest BCUT2D eigenvalue weighted by Crippen LogP contribution is -2.21. The molecule has 22 heavy (non-hydrogen) atoms. The summed E-state index contributed by atoms with van der Waals surface area (Å²) in [6, 6.07) is 0. The SMILES string of the molecule is O=c1[nH]c(NCCCCC2CCCO2)nc2c1CCNCC2. The average molecular weight is 306 g/mol. The van der Waals surface area contributed by atoms with Gasteiger partial charge in [0.1, 0.15) is 0 Å². The fourth-order valence-electron chi connectivity index (χ4n) is 3.21. The van der Waals surface area contributed by atoms with Crippen LogP contribution in [0.4, 0.5) is 5.95 Å². The van der Waals surface area contributed by atoms with E-state index in [2.05, 4.69) is 20.6 Å². The van der Waals surface area contributed by atoms with E-state index < -0.39 is 0 Å². The number of nitrogens with zero attached hydrogens (tertiary/aromatic N) is 1. The highest BCUT2D eigenvalue weighted by molar-refractivity contribution is 5.30. The van der Waals surface area contributed by atoms with Gasteiger partial charge in [0.25, 0.3) is 5.56 Å². The molecule has 1 unspecified atom stereocenters. The minimum Gasteiger partial charge on any atom is -0.378 e. The van der Waals surface area contributed by atoms with Crippen LogP contribution < -0.4 is 16.2 Å². The van der Waals surface area contributed by atoms with Gasteiger partial charge in [-0.15, -0.1) is 0 Å². The van der Waals surface area contributed by atoms with Gasteiger partial charge in [0.2, 0.25) is 5.95 Å². The van der Waals surface area contributed by atoms with Crippen molar-refractivity contribution in [1.82, 2.24) is 15.3 Å². The third-order valence-electron chi connectivity index (χ3n) is 4.46. The van der Waals surface area contributed by atoms with Crippen molar-refractivity contribution in [2.75, 3.05) is 31.6 Å². The molecular formula is C16H26N4O2. The first kappa shape index (κ1) is 15.5. The maximum Gasteiger partial charge on any atom is 0.255 e. The summed E-state index contributed by atoms with van der Waals surface area (Å²) < 4.78 is 5.62. The van der Waals surface area contributed by atoms with E-state index in [4.69, 9.17) is 4.74 Å². The van der Waals surface area contributed by atoms with Crippen LogP contribution in [0, 0.1) is 0 Å². The topological polar surface area (TPSA) is 79.0 Å². The Balaban J connectivity index is 1.47. The van der Waals surface area contributed by atoms with E-state index in [1.807, 2.05) is 0 Å². The number of nitrogens with one attached hydrogen (secondary N) is 3. The summed E-state index contributed by atoms with van der Waals surface area (Å²) in [5.41, 5.74) is 1.79. The van der Waals surface area contributed by atoms with Crippen molar-refractivity contribution in [3.05, 3.63) is 21.6 Å². The third-order valence-corrected chi connectivity index (χ3v) is 4.46. The van der Waals surface area contributed by atoms with Gasteiger partial charge in [0.05, 0.1) is 11.8 Å². The van der Waals surface area contributed by atoms with Gasteiger partial charge >= 0.3 is 0 Å². The molecule has 2 aliphatic heterocycles. The molecule has 0 aromatic carbocycles. The highest BCUT2D eigenvalue weighted by Crippen LogP contribution is 2.17. The minimum absolute atomic E-state index is 0.00977. The Morgan fingerprint density at radius 1 is 1.27 bits per heavy atom. The lowest BCUT2D eigenvalue weighted by atomic mass is 10.1. The van der Waals surface area contributed by atoms with Gasteiger partial charge in [-0.05, 0) is 45.1 Å². The minimum atomic E-state index is 0.00977. The smallest absolute Gasteiger partial charge is 0.255 e. The van der Waals surface area contributed by atoms with Crippen LogP contribution in [-0.4, -0.2) is 42.3 Å². The van der Waals surface area contributed by atoms with E-state index >= 15 is 0 Å². The van der Waals surface area contributed by atoms with Gasteiger partial charge in [-0.1, -0.05) is 0 Å². The number of anilines is 1. The van der Waals surface area contributed by atoms with Crippen LogP contribution >= 0.6 is 0 Å². The molecule has 0 spiro atoms. The number of aromatic amines is 1. The molecule has 0 aliphatic carbocycles. The quantitative estimate of drug-likeness (QED) is 0.689. The second-order valence-electron chi connectivity index (χ2n) is 6.15. The van der Waals surface area contributed by atoms with Gasteiger partial charge in [-0.3, -0.25) is 9.78 Å². The van der Waals surface area contributed by atoms with Crippen LogP contribution in [-0.2, 0) is 17.6 Å². The van der Waals surface area contributed by atoms with Crippen LogP contribution in [0.1, 0.15) is 43.4 Å². The summed E-state index contributed by atoms with van der Waals surface area (Å²) in [6.07, 6.45) is 7.84. The Bertz CT molecular complexity index is 537. The second kappa shape index (κ2) is 7.74. The van der Waals surface area contributed by atoms with Crippen molar-refractivity contribution in [3.8, 4) is 0 Å². The molecule has 122 valence electrons. The van der Waals surface area contributed by atoms with Crippen molar-refractivity contribution in [3.63, 3.8) is 0 Å². The van der Waals surface area contributed by atoms with Crippen LogP contribution in [0.2, 0.25) is 0 Å². The van der Waals surface area contributed by atoms with Gasteiger partial charge in [0, 0.05) is 31.7 Å². The number of hydrogen-bond acceptors (Lipinski definition) is 5. The van der Waals surface area contributed by atoms with E-state index in [9.17, 15) is 4.79 Å². The van der Waals surface area contributed by atoms with E-state index in [1.54, 1.807) is 0 Å². The maximum absolute atomic E-state index is 12.1. The highest BCUT2D eigenvalue weighted by Gasteiger charge is 2.15. The van der Waals surface area contributed by atoms with Crippen molar-refractivity contribution >= 4 is 5.95 Å². The molecule has 1 fully saturated rings. The van der Waals surface area contributed by atoms with Crippen LogP contribution in [0.5, 0.6) is 0 Å². The predicted molar refractivity (Wildman–Crippen MR) is 86.5 cm³/mol. The monoisotopic (exact) mass is 306 g/mol. The Morgan fingerprint density at radius 2 is 2.18 bits per heavy atom. The molecule has 1 atom stereocenters. The van der Waals surface area contributed by atoms with Crippen molar-refractivity contribution in [2.24, 2.45) is 0 Å². The van der Waals surface area contributed by atoms with E-state index in [-0.39, 0.29) is 5.56 Å². The van der Waals surface area contributed by atoms with Gasteiger partial charge < -0.3 is 15.4 Å². The summed E-state index contributed by atoms with van der Waals surface area (Å²) in [7, 11) is 0. The van der Waals surface area contributed by atoms with Crippen LogP contribution in [0.15, 0.2) is 4.79 Å². The van der Waals surface area contributed by atoms with Crippen LogP contribution in [0.25, 0.3) is 0 Å². The number of ether oxygens (including phenoxy) is 1.